The molecule has 4 heteroatoms. The van der Waals surface area contributed by atoms with Crippen molar-refractivity contribution in [1.29, 1.82) is 0 Å². The molecule has 94 valence electrons. The van der Waals surface area contributed by atoms with Gasteiger partial charge in [-0.1, -0.05) is 44.2 Å². The summed E-state index contributed by atoms with van der Waals surface area (Å²) in [6.45, 7) is 5.46. The first-order valence-electron chi connectivity index (χ1n) is 6.07. The topological polar surface area (TPSA) is 27.7 Å². The standard InChI is InChI=1S/C13H19O3P/c1-3-13(4-2)11-15-17(16-13)14-10-12-8-6-5-7-9-12/h5-9H,3-4,10-11H2,1-2H3. The molecule has 0 bridgehead atoms. The van der Waals surface area contributed by atoms with Gasteiger partial charge < -0.3 is 13.6 Å². The Morgan fingerprint density at radius 1 is 1.24 bits per heavy atom. The number of hydrogen-bond donors (Lipinski definition) is 0. The Bertz CT molecular complexity index is 338. The molecule has 1 aliphatic rings. The fraction of sp³-hybridized carbons (Fsp3) is 0.538. The van der Waals surface area contributed by atoms with E-state index in [1.165, 1.54) is 0 Å². The van der Waals surface area contributed by atoms with E-state index in [0.29, 0.717) is 13.2 Å². The maximum Gasteiger partial charge on any atom is 0.333 e. The Hall–Kier alpha value is -0.470. The van der Waals surface area contributed by atoms with Crippen LogP contribution in [0.15, 0.2) is 30.3 Å². The fourth-order valence-electron chi connectivity index (χ4n) is 1.73. The second kappa shape index (κ2) is 5.92. The molecule has 1 saturated heterocycles. The maximum atomic E-state index is 5.89. The van der Waals surface area contributed by atoms with Gasteiger partial charge in [0.25, 0.3) is 0 Å². The summed E-state index contributed by atoms with van der Waals surface area (Å²) < 4.78 is 17.2. The largest absolute Gasteiger partial charge is 0.333 e. The zero-order valence-corrected chi connectivity index (χ0v) is 11.3. The van der Waals surface area contributed by atoms with E-state index in [1.807, 2.05) is 30.3 Å². The van der Waals surface area contributed by atoms with Crippen LogP contribution in [0.5, 0.6) is 0 Å². The first kappa shape index (κ1) is 13.0. The van der Waals surface area contributed by atoms with E-state index in [9.17, 15) is 0 Å². The Kier molecular flexibility index (Phi) is 4.52. The average Bonchev–Trinajstić information content (AvgIpc) is 2.82. The lowest BCUT2D eigenvalue weighted by Gasteiger charge is -2.22. The third kappa shape index (κ3) is 3.26. The van der Waals surface area contributed by atoms with Crippen molar-refractivity contribution in [2.45, 2.75) is 38.9 Å². The van der Waals surface area contributed by atoms with Crippen LogP contribution in [0, 0.1) is 0 Å². The van der Waals surface area contributed by atoms with Crippen molar-refractivity contribution in [2.75, 3.05) is 6.61 Å². The molecule has 3 nitrogen and oxygen atoms in total. The fourth-order valence-corrected chi connectivity index (χ4v) is 3.13. The number of hydrogen-bond acceptors (Lipinski definition) is 3. The Labute approximate surface area is 104 Å². The van der Waals surface area contributed by atoms with Crippen LogP contribution in [0.2, 0.25) is 0 Å². The van der Waals surface area contributed by atoms with Gasteiger partial charge in [0.15, 0.2) is 0 Å². The van der Waals surface area contributed by atoms with Gasteiger partial charge in [-0.2, -0.15) is 0 Å². The van der Waals surface area contributed by atoms with Crippen molar-refractivity contribution in [3.8, 4) is 0 Å². The predicted molar refractivity (Wildman–Crippen MR) is 68.5 cm³/mol. The van der Waals surface area contributed by atoms with Gasteiger partial charge in [-0.15, -0.1) is 0 Å². The van der Waals surface area contributed by atoms with Crippen LogP contribution in [-0.2, 0) is 20.2 Å². The summed E-state index contributed by atoms with van der Waals surface area (Å²) in [6, 6.07) is 10.1. The smallest absolute Gasteiger partial charge is 0.309 e. The second-order valence-corrected chi connectivity index (χ2v) is 5.38. The molecule has 17 heavy (non-hydrogen) atoms. The van der Waals surface area contributed by atoms with Gasteiger partial charge in [0.05, 0.1) is 13.2 Å². The summed E-state index contributed by atoms with van der Waals surface area (Å²) in [7, 11) is -1.17. The molecule has 1 fully saturated rings. The van der Waals surface area contributed by atoms with E-state index < -0.39 is 8.60 Å². The summed E-state index contributed by atoms with van der Waals surface area (Å²) >= 11 is 0. The molecule has 1 atom stereocenters. The van der Waals surface area contributed by atoms with Crippen LogP contribution in [0.4, 0.5) is 0 Å². The molecule has 0 aromatic heterocycles. The lowest BCUT2D eigenvalue weighted by Crippen LogP contribution is -2.28. The second-order valence-electron chi connectivity index (χ2n) is 4.24. The van der Waals surface area contributed by atoms with Crippen molar-refractivity contribution in [3.63, 3.8) is 0 Å². The molecular weight excluding hydrogens is 235 g/mol. The first-order chi connectivity index (χ1) is 8.28. The minimum absolute atomic E-state index is 0.123. The highest BCUT2D eigenvalue weighted by Crippen LogP contribution is 2.53. The molecule has 0 amide bonds. The Balaban J connectivity index is 1.82. The van der Waals surface area contributed by atoms with E-state index in [2.05, 4.69) is 13.8 Å². The third-order valence-corrected chi connectivity index (χ3v) is 4.39. The van der Waals surface area contributed by atoms with Crippen molar-refractivity contribution in [2.24, 2.45) is 0 Å². The summed E-state index contributed by atoms with van der Waals surface area (Å²) in [5, 5.41) is 0. The average molecular weight is 254 g/mol. The molecule has 1 aromatic rings. The van der Waals surface area contributed by atoms with Gasteiger partial charge in [-0.3, -0.25) is 0 Å². The normalized spacial score (nSPS) is 22.8. The molecule has 1 unspecified atom stereocenters. The summed E-state index contributed by atoms with van der Waals surface area (Å²) in [6.07, 6.45) is 1.94. The van der Waals surface area contributed by atoms with E-state index in [0.717, 1.165) is 18.4 Å². The van der Waals surface area contributed by atoms with Crippen LogP contribution >= 0.6 is 8.60 Å². The molecule has 0 spiro atoms. The summed E-state index contributed by atoms with van der Waals surface area (Å²) in [4.78, 5) is 0. The molecule has 1 aliphatic heterocycles. The van der Waals surface area contributed by atoms with Crippen LogP contribution < -0.4 is 0 Å². The Morgan fingerprint density at radius 2 is 1.94 bits per heavy atom. The molecule has 0 radical (unpaired) electrons. The minimum Gasteiger partial charge on any atom is -0.309 e. The van der Waals surface area contributed by atoms with Gasteiger partial charge in [0.1, 0.15) is 5.60 Å². The van der Waals surface area contributed by atoms with E-state index in [1.54, 1.807) is 0 Å². The van der Waals surface area contributed by atoms with E-state index in [-0.39, 0.29) is 5.60 Å². The van der Waals surface area contributed by atoms with Crippen LogP contribution in [0.3, 0.4) is 0 Å². The van der Waals surface area contributed by atoms with Crippen LogP contribution in [0.1, 0.15) is 32.3 Å². The summed E-state index contributed by atoms with van der Waals surface area (Å²) in [5.74, 6) is 0. The molecular formula is C13H19O3P. The SMILES string of the molecule is CCC1(CC)COP(OCc2ccccc2)O1. The van der Waals surface area contributed by atoms with Gasteiger partial charge >= 0.3 is 8.60 Å². The zero-order valence-electron chi connectivity index (χ0n) is 10.4. The van der Waals surface area contributed by atoms with Crippen molar-refractivity contribution in [1.82, 2.24) is 0 Å². The molecule has 0 N–H and O–H groups in total. The van der Waals surface area contributed by atoms with Gasteiger partial charge in [-0.05, 0) is 18.4 Å². The molecule has 2 rings (SSSR count). The van der Waals surface area contributed by atoms with Crippen LogP contribution in [-0.4, -0.2) is 12.2 Å². The van der Waals surface area contributed by atoms with E-state index >= 15 is 0 Å². The van der Waals surface area contributed by atoms with Crippen molar-refractivity contribution >= 4 is 8.60 Å². The summed E-state index contributed by atoms with van der Waals surface area (Å²) in [5.41, 5.74) is 1.02. The number of rotatable bonds is 5. The molecule has 1 heterocycles. The highest BCUT2D eigenvalue weighted by molar-refractivity contribution is 7.42. The first-order valence-corrected chi connectivity index (χ1v) is 7.16. The quantitative estimate of drug-likeness (QED) is 0.742. The Morgan fingerprint density at radius 3 is 2.53 bits per heavy atom. The molecule has 0 aliphatic carbocycles. The lowest BCUT2D eigenvalue weighted by atomic mass is 9.99. The predicted octanol–water partition coefficient (Wildman–Crippen LogP) is 4.04. The highest BCUT2D eigenvalue weighted by atomic mass is 31.2. The highest BCUT2D eigenvalue weighted by Gasteiger charge is 2.40. The van der Waals surface area contributed by atoms with Crippen LogP contribution in [0.25, 0.3) is 0 Å². The van der Waals surface area contributed by atoms with Crippen molar-refractivity contribution < 1.29 is 13.6 Å². The lowest BCUT2D eigenvalue weighted by molar-refractivity contribution is 0.0801. The van der Waals surface area contributed by atoms with Crippen molar-refractivity contribution in [3.05, 3.63) is 35.9 Å². The third-order valence-electron chi connectivity index (χ3n) is 3.17. The van der Waals surface area contributed by atoms with Gasteiger partial charge in [0.2, 0.25) is 0 Å². The molecule has 0 saturated carbocycles. The maximum absolute atomic E-state index is 5.89. The molecule has 1 aromatic carbocycles. The number of benzene rings is 1. The van der Waals surface area contributed by atoms with E-state index in [4.69, 9.17) is 13.6 Å². The van der Waals surface area contributed by atoms with Gasteiger partial charge in [0, 0.05) is 0 Å². The van der Waals surface area contributed by atoms with Gasteiger partial charge in [-0.25, -0.2) is 0 Å². The minimum atomic E-state index is -1.17. The monoisotopic (exact) mass is 254 g/mol. The zero-order chi connectivity index (χ0) is 12.1.